The van der Waals surface area contributed by atoms with Crippen molar-refractivity contribution in [2.75, 3.05) is 6.61 Å². The Morgan fingerprint density at radius 3 is 2.95 bits per heavy atom. The maximum absolute atomic E-state index is 6.17. The number of hydrogen-bond donors (Lipinski definition) is 0. The maximum Gasteiger partial charge on any atom is 0.225 e. The Bertz CT molecular complexity index is 654. The molecule has 0 saturated carbocycles. The van der Waals surface area contributed by atoms with Gasteiger partial charge in [0.05, 0.1) is 13.2 Å². The van der Waals surface area contributed by atoms with Crippen molar-refractivity contribution in [1.82, 2.24) is 14.8 Å². The molecule has 2 aromatic rings. The van der Waals surface area contributed by atoms with Gasteiger partial charge in [0.15, 0.2) is 0 Å². The van der Waals surface area contributed by atoms with Gasteiger partial charge >= 0.3 is 0 Å². The molecule has 20 heavy (non-hydrogen) atoms. The van der Waals surface area contributed by atoms with Crippen LogP contribution in [0.4, 0.5) is 0 Å². The standard InChI is InChI=1S/C14H15BrClN3O/c1-8(2)13-17-18-14(16)19(13)7-10-6-11(15)5-9-3-4-20-12(9)10/h5-6,8H,3-4,7H2,1-2H3. The highest BCUT2D eigenvalue weighted by molar-refractivity contribution is 9.10. The molecule has 1 aromatic carbocycles. The maximum atomic E-state index is 6.17. The molecular weight excluding hydrogens is 342 g/mol. The molecule has 0 N–H and O–H groups in total. The molecule has 106 valence electrons. The van der Waals surface area contributed by atoms with E-state index in [1.54, 1.807) is 0 Å². The zero-order valence-electron chi connectivity index (χ0n) is 11.4. The summed E-state index contributed by atoms with van der Waals surface area (Å²) >= 11 is 9.72. The third-order valence-electron chi connectivity index (χ3n) is 3.40. The smallest absolute Gasteiger partial charge is 0.225 e. The average Bonchev–Trinajstić information content (AvgIpc) is 2.97. The minimum Gasteiger partial charge on any atom is -0.493 e. The van der Waals surface area contributed by atoms with E-state index in [-0.39, 0.29) is 5.92 Å². The molecule has 0 amide bonds. The van der Waals surface area contributed by atoms with E-state index in [0.717, 1.165) is 34.6 Å². The molecule has 0 atom stereocenters. The van der Waals surface area contributed by atoms with Crippen LogP contribution < -0.4 is 4.74 Å². The fourth-order valence-corrected chi connectivity index (χ4v) is 3.24. The summed E-state index contributed by atoms with van der Waals surface area (Å²) in [5, 5.41) is 8.55. The fraction of sp³-hybridized carbons (Fsp3) is 0.429. The summed E-state index contributed by atoms with van der Waals surface area (Å²) < 4.78 is 8.76. The van der Waals surface area contributed by atoms with Crippen LogP contribution in [-0.4, -0.2) is 21.4 Å². The Kier molecular flexibility index (Phi) is 3.73. The first-order chi connectivity index (χ1) is 9.56. The first kappa shape index (κ1) is 13.9. The molecule has 2 heterocycles. The van der Waals surface area contributed by atoms with Gasteiger partial charge in [0.25, 0.3) is 0 Å². The van der Waals surface area contributed by atoms with Crippen LogP contribution >= 0.6 is 27.5 Å². The minimum absolute atomic E-state index is 0.274. The van der Waals surface area contributed by atoms with Crippen LogP contribution in [0.5, 0.6) is 5.75 Å². The van der Waals surface area contributed by atoms with Gasteiger partial charge in [-0.25, -0.2) is 0 Å². The van der Waals surface area contributed by atoms with Gasteiger partial charge in [0, 0.05) is 22.4 Å². The Hall–Kier alpha value is -1.07. The van der Waals surface area contributed by atoms with Crippen LogP contribution in [0.1, 0.15) is 36.7 Å². The summed E-state index contributed by atoms with van der Waals surface area (Å²) in [6.45, 7) is 5.53. The second kappa shape index (κ2) is 5.37. The minimum atomic E-state index is 0.274. The lowest BCUT2D eigenvalue weighted by atomic mass is 10.1. The van der Waals surface area contributed by atoms with Crippen LogP contribution in [0.2, 0.25) is 5.28 Å². The van der Waals surface area contributed by atoms with Crippen LogP contribution in [0.15, 0.2) is 16.6 Å². The third-order valence-corrected chi connectivity index (χ3v) is 4.14. The van der Waals surface area contributed by atoms with Gasteiger partial charge in [-0.15, -0.1) is 10.2 Å². The number of fused-ring (bicyclic) bond motifs is 1. The van der Waals surface area contributed by atoms with Gasteiger partial charge in [-0.1, -0.05) is 29.8 Å². The Morgan fingerprint density at radius 1 is 1.40 bits per heavy atom. The van der Waals surface area contributed by atoms with E-state index >= 15 is 0 Å². The highest BCUT2D eigenvalue weighted by Gasteiger charge is 2.20. The summed E-state index contributed by atoms with van der Waals surface area (Å²) in [4.78, 5) is 0. The monoisotopic (exact) mass is 355 g/mol. The SMILES string of the molecule is CC(C)c1nnc(Cl)n1Cc1cc(Br)cc2c1OCC2. The number of aromatic nitrogens is 3. The van der Waals surface area contributed by atoms with E-state index in [1.165, 1.54) is 5.56 Å². The second-order valence-electron chi connectivity index (χ2n) is 5.22. The quantitative estimate of drug-likeness (QED) is 0.840. The topological polar surface area (TPSA) is 39.9 Å². The molecule has 6 heteroatoms. The molecule has 4 nitrogen and oxygen atoms in total. The molecule has 0 unspecified atom stereocenters. The third kappa shape index (κ3) is 2.44. The van der Waals surface area contributed by atoms with Crippen LogP contribution in [0, 0.1) is 0 Å². The van der Waals surface area contributed by atoms with E-state index in [2.05, 4.69) is 52.1 Å². The van der Waals surface area contributed by atoms with Crippen molar-refractivity contribution in [2.45, 2.75) is 32.7 Å². The Morgan fingerprint density at radius 2 is 2.20 bits per heavy atom. The number of rotatable bonds is 3. The van der Waals surface area contributed by atoms with Gasteiger partial charge in [-0.05, 0) is 29.3 Å². The average molecular weight is 357 g/mol. The molecule has 0 fully saturated rings. The van der Waals surface area contributed by atoms with Gasteiger partial charge in [0.2, 0.25) is 5.28 Å². The van der Waals surface area contributed by atoms with Crippen molar-refractivity contribution in [3.8, 4) is 5.75 Å². The highest BCUT2D eigenvalue weighted by Crippen LogP contribution is 2.34. The summed E-state index contributed by atoms with van der Waals surface area (Å²) in [5.41, 5.74) is 2.35. The van der Waals surface area contributed by atoms with E-state index in [1.807, 2.05) is 4.57 Å². The lowest BCUT2D eigenvalue weighted by Crippen LogP contribution is -2.08. The van der Waals surface area contributed by atoms with Crippen molar-refractivity contribution >= 4 is 27.5 Å². The largest absolute Gasteiger partial charge is 0.493 e. The molecule has 0 radical (unpaired) electrons. The van der Waals surface area contributed by atoms with E-state index in [0.29, 0.717) is 11.8 Å². The van der Waals surface area contributed by atoms with Crippen LogP contribution in [0.25, 0.3) is 0 Å². The first-order valence-corrected chi connectivity index (χ1v) is 7.76. The van der Waals surface area contributed by atoms with Gasteiger partial charge < -0.3 is 4.74 Å². The molecule has 1 aromatic heterocycles. The highest BCUT2D eigenvalue weighted by atomic mass is 79.9. The second-order valence-corrected chi connectivity index (χ2v) is 6.47. The van der Waals surface area contributed by atoms with Crippen molar-refractivity contribution in [1.29, 1.82) is 0 Å². The summed E-state index contributed by atoms with van der Waals surface area (Å²) in [7, 11) is 0. The van der Waals surface area contributed by atoms with Gasteiger partial charge in [0.1, 0.15) is 11.6 Å². The molecule has 1 aliphatic rings. The van der Waals surface area contributed by atoms with Crippen molar-refractivity contribution in [3.63, 3.8) is 0 Å². The first-order valence-electron chi connectivity index (χ1n) is 6.59. The normalized spacial score (nSPS) is 13.7. The number of hydrogen-bond acceptors (Lipinski definition) is 3. The molecule has 1 aliphatic heterocycles. The summed E-state index contributed by atoms with van der Waals surface area (Å²) in [6.07, 6.45) is 0.953. The molecule has 0 aliphatic carbocycles. The number of nitrogens with zero attached hydrogens (tertiary/aromatic N) is 3. The lowest BCUT2D eigenvalue weighted by molar-refractivity contribution is 0.352. The van der Waals surface area contributed by atoms with E-state index in [9.17, 15) is 0 Å². The molecular formula is C14H15BrClN3O. The Labute approximate surface area is 131 Å². The predicted molar refractivity (Wildman–Crippen MR) is 81.6 cm³/mol. The predicted octanol–water partition coefficient (Wildman–Crippen LogP) is 3.80. The van der Waals surface area contributed by atoms with Crippen LogP contribution in [0.3, 0.4) is 0 Å². The van der Waals surface area contributed by atoms with Crippen molar-refractivity contribution < 1.29 is 4.74 Å². The molecule has 0 saturated heterocycles. The van der Waals surface area contributed by atoms with Crippen molar-refractivity contribution in [2.24, 2.45) is 0 Å². The zero-order chi connectivity index (χ0) is 14.3. The van der Waals surface area contributed by atoms with Gasteiger partial charge in [-0.2, -0.15) is 0 Å². The fourth-order valence-electron chi connectivity index (χ4n) is 2.50. The number of ether oxygens (including phenoxy) is 1. The summed E-state index contributed by atoms with van der Waals surface area (Å²) in [6, 6.07) is 4.19. The van der Waals surface area contributed by atoms with E-state index < -0.39 is 0 Å². The van der Waals surface area contributed by atoms with Crippen molar-refractivity contribution in [3.05, 3.63) is 38.8 Å². The number of benzene rings is 1. The van der Waals surface area contributed by atoms with Gasteiger partial charge in [-0.3, -0.25) is 4.57 Å². The Balaban J connectivity index is 2.02. The number of halogens is 2. The summed E-state index contributed by atoms with van der Waals surface area (Å²) in [5.74, 6) is 2.14. The lowest BCUT2D eigenvalue weighted by Gasteiger charge is -2.13. The van der Waals surface area contributed by atoms with E-state index in [4.69, 9.17) is 16.3 Å². The van der Waals surface area contributed by atoms with Crippen LogP contribution in [-0.2, 0) is 13.0 Å². The molecule has 0 spiro atoms. The molecule has 3 rings (SSSR count). The molecule has 0 bridgehead atoms. The zero-order valence-corrected chi connectivity index (χ0v) is 13.7.